The molecule has 0 aromatic heterocycles. The van der Waals surface area contributed by atoms with E-state index in [0.717, 1.165) is 17.9 Å². The highest BCUT2D eigenvalue weighted by molar-refractivity contribution is 9.08. The Labute approximate surface area is 109 Å². The molecule has 0 saturated heterocycles. The topological polar surface area (TPSA) is 35.5 Å². The van der Waals surface area contributed by atoms with Crippen LogP contribution in [0.1, 0.15) is 28.8 Å². The van der Waals surface area contributed by atoms with Crippen LogP contribution in [0.5, 0.6) is 5.75 Å². The van der Waals surface area contributed by atoms with Gasteiger partial charge >= 0.3 is 5.97 Å². The molecule has 1 fully saturated rings. The van der Waals surface area contributed by atoms with Crippen LogP contribution in [0.25, 0.3) is 0 Å². The van der Waals surface area contributed by atoms with Crippen molar-refractivity contribution in [3.63, 3.8) is 0 Å². The Morgan fingerprint density at radius 3 is 2.76 bits per heavy atom. The summed E-state index contributed by atoms with van der Waals surface area (Å²) in [4.78, 5) is 11.5. The summed E-state index contributed by atoms with van der Waals surface area (Å²) in [5, 5.41) is 0.692. The van der Waals surface area contributed by atoms with Gasteiger partial charge in [-0.05, 0) is 42.5 Å². The van der Waals surface area contributed by atoms with E-state index in [2.05, 4.69) is 15.9 Å². The number of methoxy groups -OCH3 is 1. The highest BCUT2D eigenvalue weighted by atomic mass is 79.9. The van der Waals surface area contributed by atoms with Gasteiger partial charge in [0.1, 0.15) is 5.75 Å². The van der Waals surface area contributed by atoms with Gasteiger partial charge in [-0.3, -0.25) is 0 Å². The maximum atomic E-state index is 11.5. The van der Waals surface area contributed by atoms with Crippen molar-refractivity contribution in [3.8, 4) is 5.75 Å². The Hall–Kier alpha value is -1.03. The molecule has 0 atom stereocenters. The number of esters is 1. The van der Waals surface area contributed by atoms with Crippen LogP contribution in [0.3, 0.4) is 0 Å². The lowest BCUT2D eigenvalue weighted by atomic mass is 10.1. The lowest BCUT2D eigenvalue weighted by Gasteiger charge is -2.09. The van der Waals surface area contributed by atoms with Crippen molar-refractivity contribution < 1.29 is 14.3 Å². The van der Waals surface area contributed by atoms with E-state index in [9.17, 15) is 4.79 Å². The molecule has 0 bridgehead atoms. The van der Waals surface area contributed by atoms with Gasteiger partial charge in [0.15, 0.2) is 0 Å². The fourth-order valence-electron chi connectivity index (χ4n) is 1.56. The van der Waals surface area contributed by atoms with Gasteiger partial charge in [0.2, 0.25) is 0 Å². The molecule has 1 aromatic rings. The van der Waals surface area contributed by atoms with E-state index in [4.69, 9.17) is 9.47 Å². The molecule has 4 heteroatoms. The zero-order valence-corrected chi connectivity index (χ0v) is 11.3. The molecule has 0 amide bonds. The average molecular weight is 299 g/mol. The molecular formula is C13H15BrO3. The highest BCUT2D eigenvalue weighted by Gasteiger charge is 2.22. The zero-order chi connectivity index (χ0) is 12.3. The number of carbonyl (C=O) groups is 1. The van der Waals surface area contributed by atoms with Crippen molar-refractivity contribution in [2.45, 2.75) is 18.2 Å². The fourth-order valence-corrected chi connectivity index (χ4v) is 1.88. The van der Waals surface area contributed by atoms with E-state index in [0.29, 0.717) is 16.8 Å². The first-order chi connectivity index (χ1) is 8.22. The summed E-state index contributed by atoms with van der Waals surface area (Å²) < 4.78 is 10.4. The summed E-state index contributed by atoms with van der Waals surface area (Å²) in [6.07, 6.45) is 2.50. The number of alkyl halides is 1. The number of hydrogen-bond donors (Lipinski definition) is 0. The lowest BCUT2D eigenvalue weighted by Crippen LogP contribution is -2.04. The van der Waals surface area contributed by atoms with Crippen molar-refractivity contribution >= 4 is 21.9 Å². The second-order valence-corrected chi connectivity index (χ2v) is 4.81. The van der Waals surface area contributed by atoms with Crippen molar-refractivity contribution in [1.29, 1.82) is 0 Å². The summed E-state index contributed by atoms with van der Waals surface area (Å²) in [5.74, 6) is 1.11. The number of hydrogen-bond acceptors (Lipinski definition) is 3. The van der Waals surface area contributed by atoms with Gasteiger partial charge in [0.05, 0.1) is 19.3 Å². The van der Waals surface area contributed by atoms with Crippen molar-refractivity contribution in [2.75, 3.05) is 13.7 Å². The largest absolute Gasteiger partial charge is 0.493 e. The van der Waals surface area contributed by atoms with Crippen molar-refractivity contribution in [3.05, 3.63) is 29.3 Å². The molecule has 0 N–H and O–H groups in total. The average Bonchev–Trinajstić information content (AvgIpc) is 3.19. The minimum atomic E-state index is -0.330. The molecular weight excluding hydrogens is 284 g/mol. The molecule has 1 aliphatic rings. The van der Waals surface area contributed by atoms with Crippen molar-refractivity contribution in [1.82, 2.24) is 0 Å². The zero-order valence-electron chi connectivity index (χ0n) is 9.74. The van der Waals surface area contributed by atoms with E-state index in [1.54, 1.807) is 6.07 Å². The van der Waals surface area contributed by atoms with Gasteiger partial charge in [-0.1, -0.05) is 15.9 Å². The Balaban J connectivity index is 2.14. The van der Waals surface area contributed by atoms with Crippen LogP contribution in [0.2, 0.25) is 0 Å². The second kappa shape index (κ2) is 5.54. The number of benzene rings is 1. The van der Waals surface area contributed by atoms with Gasteiger partial charge in [-0.2, -0.15) is 0 Å². The third-order valence-corrected chi connectivity index (χ3v) is 3.37. The third-order valence-electron chi connectivity index (χ3n) is 2.72. The SMILES string of the molecule is COC(=O)c1cc(CBr)cc(OCC2CC2)c1. The quantitative estimate of drug-likeness (QED) is 0.619. The fraction of sp³-hybridized carbons (Fsp3) is 0.462. The van der Waals surface area contributed by atoms with Crippen LogP contribution in [0, 0.1) is 5.92 Å². The van der Waals surface area contributed by atoms with Gasteiger partial charge < -0.3 is 9.47 Å². The molecule has 1 saturated carbocycles. The Kier molecular flexibility index (Phi) is 4.05. The maximum Gasteiger partial charge on any atom is 0.337 e. The third kappa shape index (κ3) is 3.46. The predicted octanol–water partition coefficient (Wildman–Crippen LogP) is 3.16. The van der Waals surface area contributed by atoms with Gasteiger partial charge in [-0.15, -0.1) is 0 Å². The predicted molar refractivity (Wildman–Crippen MR) is 68.6 cm³/mol. The number of carbonyl (C=O) groups excluding carboxylic acids is 1. The molecule has 2 rings (SSSR count). The highest BCUT2D eigenvalue weighted by Crippen LogP contribution is 2.30. The van der Waals surface area contributed by atoms with Crippen LogP contribution in [-0.4, -0.2) is 19.7 Å². The van der Waals surface area contributed by atoms with Gasteiger partial charge in [0, 0.05) is 5.33 Å². The lowest BCUT2D eigenvalue weighted by molar-refractivity contribution is 0.0600. The van der Waals surface area contributed by atoms with E-state index in [-0.39, 0.29) is 5.97 Å². The molecule has 0 spiro atoms. The molecule has 0 radical (unpaired) electrons. The maximum absolute atomic E-state index is 11.5. The first-order valence-electron chi connectivity index (χ1n) is 5.64. The van der Waals surface area contributed by atoms with E-state index < -0.39 is 0 Å². The molecule has 3 nitrogen and oxygen atoms in total. The summed E-state index contributed by atoms with van der Waals surface area (Å²) in [5.41, 5.74) is 1.55. The summed E-state index contributed by atoms with van der Waals surface area (Å²) >= 11 is 3.38. The minimum absolute atomic E-state index is 0.330. The van der Waals surface area contributed by atoms with Gasteiger partial charge in [0.25, 0.3) is 0 Å². The molecule has 92 valence electrons. The number of rotatable bonds is 5. The molecule has 17 heavy (non-hydrogen) atoms. The van der Waals surface area contributed by atoms with Crippen LogP contribution in [0.4, 0.5) is 0 Å². The summed E-state index contributed by atoms with van der Waals surface area (Å²) in [6.45, 7) is 0.742. The van der Waals surface area contributed by atoms with Crippen LogP contribution in [0.15, 0.2) is 18.2 Å². The first kappa shape index (κ1) is 12.4. The number of ether oxygens (including phenoxy) is 2. The van der Waals surface area contributed by atoms with E-state index in [1.165, 1.54) is 20.0 Å². The van der Waals surface area contributed by atoms with Crippen LogP contribution >= 0.6 is 15.9 Å². The van der Waals surface area contributed by atoms with Crippen LogP contribution in [-0.2, 0) is 10.1 Å². The minimum Gasteiger partial charge on any atom is -0.493 e. The van der Waals surface area contributed by atoms with Crippen LogP contribution < -0.4 is 4.74 Å². The second-order valence-electron chi connectivity index (χ2n) is 4.25. The monoisotopic (exact) mass is 298 g/mol. The first-order valence-corrected chi connectivity index (χ1v) is 6.76. The van der Waals surface area contributed by atoms with E-state index in [1.807, 2.05) is 12.1 Å². The molecule has 0 aliphatic heterocycles. The molecule has 0 unspecified atom stereocenters. The normalized spacial score (nSPS) is 14.5. The molecule has 0 heterocycles. The van der Waals surface area contributed by atoms with E-state index >= 15 is 0 Å². The van der Waals surface area contributed by atoms with Crippen molar-refractivity contribution in [2.24, 2.45) is 5.92 Å². The smallest absolute Gasteiger partial charge is 0.337 e. The summed E-state index contributed by atoms with van der Waals surface area (Å²) in [7, 11) is 1.38. The Morgan fingerprint density at radius 2 is 2.18 bits per heavy atom. The number of halogens is 1. The summed E-state index contributed by atoms with van der Waals surface area (Å²) in [6, 6.07) is 5.49. The molecule has 1 aliphatic carbocycles. The van der Waals surface area contributed by atoms with Gasteiger partial charge in [-0.25, -0.2) is 4.79 Å². The molecule has 1 aromatic carbocycles. The standard InChI is InChI=1S/C13H15BrO3/c1-16-13(15)11-4-10(7-14)5-12(6-11)17-8-9-2-3-9/h4-6,9H,2-3,7-8H2,1H3. The Morgan fingerprint density at radius 1 is 1.41 bits per heavy atom. The Bertz CT molecular complexity index is 413.